The van der Waals surface area contributed by atoms with E-state index in [1.54, 1.807) is 19.1 Å². The molecule has 1 aromatic rings. The van der Waals surface area contributed by atoms with Gasteiger partial charge in [-0.15, -0.1) is 0 Å². The smallest absolute Gasteiger partial charge is 0.337 e. The molecule has 0 aromatic heterocycles. The van der Waals surface area contributed by atoms with Crippen LogP contribution >= 0.6 is 0 Å². The Hall–Kier alpha value is -2.63. The molecule has 2 aliphatic rings. The zero-order valence-electron chi connectivity index (χ0n) is 14.6. The van der Waals surface area contributed by atoms with Gasteiger partial charge in [-0.1, -0.05) is 26.0 Å². The van der Waals surface area contributed by atoms with E-state index in [-0.39, 0.29) is 18.3 Å². The molecule has 0 saturated heterocycles. The van der Waals surface area contributed by atoms with E-state index < -0.39 is 17.9 Å². The second-order valence-corrected chi connectivity index (χ2v) is 6.45. The Labute approximate surface area is 145 Å². The third-order valence-corrected chi connectivity index (χ3v) is 4.59. The summed E-state index contributed by atoms with van der Waals surface area (Å²) in [7, 11) is 1.28. The standard InChI is InChI=1S/C19H20FNO4/c1-9(2)14-11(6-5-7-12(14)20)16-15(18(22)24-4)10(3)21-13-8-25-19(23)17(13)16/h5-7,9,16,21H,8H2,1-4H3/t16-/m0/s1. The Morgan fingerprint density at radius 3 is 2.76 bits per heavy atom. The van der Waals surface area contributed by atoms with Crippen LogP contribution in [0.5, 0.6) is 0 Å². The second-order valence-electron chi connectivity index (χ2n) is 6.45. The first-order chi connectivity index (χ1) is 11.9. The number of dihydropyridines is 1. The largest absolute Gasteiger partial charge is 0.466 e. The van der Waals surface area contributed by atoms with Gasteiger partial charge in [-0.2, -0.15) is 0 Å². The van der Waals surface area contributed by atoms with Crippen molar-refractivity contribution in [1.29, 1.82) is 0 Å². The zero-order chi connectivity index (χ0) is 18.3. The van der Waals surface area contributed by atoms with E-state index in [9.17, 15) is 14.0 Å². The summed E-state index contributed by atoms with van der Waals surface area (Å²) < 4.78 is 24.6. The molecule has 6 heteroatoms. The molecule has 0 radical (unpaired) electrons. The molecule has 5 nitrogen and oxygen atoms in total. The molecular weight excluding hydrogens is 325 g/mol. The number of cyclic esters (lactones) is 1. The van der Waals surface area contributed by atoms with Crippen molar-refractivity contribution in [3.05, 3.63) is 57.7 Å². The fourth-order valence-corrected chi connectivity index (χ4v) is 3.57. The quantitative estimate of drug-likeness (QED) is 0.854. The van der Waals surface area contributed by atoms with Crippen LogP contribution in [-0.2, 0) is 19.1 Å². The lowest BCUT2D eigenvalue weighted by Gasteiger charge is -2.29. The first-order valence-corrected chi connectivity index (χ1v) is 8.11. The average Bonchev–Trinajstić information content (AvgIpc) is 2.93. The van der Waals surface area contributed by atoms with Crippen LogP contribution in [0.15, 0.2) is 40.7 Å². The van der Waals surface area contributed by atoms with Crippen LogP contribution in [0.3, 0.4) is 0 Å². The van der Waals surface area contributed by atoms with Crippen LogP contribution in [0, 0.1) is 5.82 Å². The fourth-order valence-electron chi connectivity index (χ4n) is 3.57. The monoisotopic (exact) mass is 345 g/mol. The van der Waals surface area contributed by atoms with E-state index >= 15 is 0 Å². The summed E-state index contributed by atoms with van der Waals surface area (Å²) in [5.41, 5.74) is 2.90. The van der Waals surface area contributed by atoms with Crippen LogP contribution in [0.4, 0.5) is 4.39 Å². The maximum absolute atomic E-state index is 14.5. The third kappa shape index (κ3) is 2.71. The van der Waals surface area contributed by atoms with Crippen molar-refractivity contribution >= 4 is 11.9 Å². The van der Waals surface area contributed by atoms with Crippen LogP contribution < -0.4 is 5.32 Å². The highest BCUT2D eigenvalue weighted by Crippen LogP contribution is 2.44. The van der Waals surface area contributed by atoms with Crippen molar-refractivity contribution in [2.75, 3.05) is 13.7 Å². The number of hydrogen-bond donors (Lipinski definition) is 1. The number of benzene rings is 1. The van der Waals surface area contributed by atoms with Gasteiger partial charge in [0.15, 0.2) is 0 Å². The number of hydrogen-bond acceptors (Lipinski definition) is 5. The van der Waals surface area contributed by atoms with Crippen molar-refractivity contribution in [3.63, 3.8) is 0 Å². The lowest BCUT2D eigenvalue weighted by atomic mass is 9.77. The molecule has 0 unspecified atom stereocenters. The Morgan fingerprint density at radius 2 is 2.12 bits per heavy atom. The molecule has 1 atom stereocenters. The summed E-state index contributed by atoms with van der Waals surface area (Å²) >= 11 is 0. The topological polar surface area (TPSA) is 64.6 Å². The van der Waals surface area contributed by atoms with Gasteiger partial charge in [0.1, 0.15) is 12.4 Å². The predicted octanol–water partition coefficient (Wildman–Crippen LogP) is 2.89. The molecule has 0 spiro atoms. The minimum absolute atomic E-state index is 0.114. The molecular formula is C19H20FNO4. The highest BCUT2D eigenvalue weighted by Gasteiger charge is 2.42. The number of methoxy groups -OCH3 is 1. The Kier molecular flexibility index (Phi) is 4.37. The fraction of sp³-hybridized carbons (Fsp3) is 0.368. The Bertz CT molecular complexity index is 823. The summed E-state index contributed by atoms with van der Waals surface area (Å²) in [6.07, 6.45) is 0. The van der Waals surface area contributed by atoms with Gasteiger partial charge in [0.2, 0.25) is 0 Å². The molecule has 2 heterocycles. The molecule has 0 amide bonds. The number of carbonyl (C=O) groups excluding carboxylic acids is 2. The summed E-state index contributed by atoms with van der Waals surface area (Å²) in [6, 6.07) is 4.72. The van der Waals surface area contributed by atoms with E-state index in [2.05, 4.69) is 5.32 Å². The van der Waals surface area contributed by atoms with Gasteiger partial charge >= 0.3 is 11.9 Å². The number of nitrogens with one attached hydrogen (secondary N) is 1. The molecule has 2 aliphatic heterocycles. The van der Waals surface area contributed by atoms with E-state index in [1.165, 1.54) is 13.2 Å². The summed E-state index contributed by atoms with van der Waals surface area (Å²) in [4.78, 5) is 24.8. The minimum atomic E-state index is -0.716. The zero-order valence-corrected chi connectivity index (χ0v) is 14.6. The number of ether oxygens (including phenoxy) is 2. The molecule has 132 valence electrons. The van der Waals surface area contributed by atoms with Gasteiger partial charge in [-0.05, 0) is 30.0 Å². The SMILES string of the molecule is COC(=O)C1=C(C)NC2=C(C(=O)OC2)[C@H]1c1cccc(F)c1C(C)C. The second kappa shape index (κ2) is 6.35. The number of halogens is 1. The Morgan fingerprint density at radius 1 is 1.40 bits per heavy atom. The predicted molar refractivity (Wildman–Crippen MR) is 89.1 cm³/mol. The van der Waals surface area contributed by atoms with Crippen molar-refractivity contribution in [3.8, 4) is 0 Å². The first-order valence-electron chi connectivity index (χ1n) is 8.11. The normalized spacial score (nSPS) is 19.8. The summed E-state index contributed by atoms with van der Waals surface area (Å²) in [5, 5.41) is 3.06. The Balaban J connectivity index is 2.28. The maximum atomic E-state index is 14.5. The van der Waals surface area contributed by atoms with Crippen LogP contribution in [0.1, 0.15) is 43.7 Å². The molecule has 0 fully saturated rings. The van der Waals surface area contributed by atoms with Crippen molar-refractivity contribution in [2.45, 2.75) is 32.6 Å². The summed E-state index contributed by atoms with van der Waals surface area (Å²) in [6.45, 7) is 5.60. The van der Waals surface area contributed by atoms with Crippen molar-refractivity contribution in [2.24, 2.45) is 0 Å². The van der Waals surface area contributed by atoms with Gasteiger partial charge in [-0.3, -0.25) is 0 Å². The molecule has 1 N–H and O–H groups in total. The van der Waals surface area contributed by atoms with Gasteiger partial charge in [-0.25, -0.2) is 14.0 Å². The molecule has 0 saturated carbocycles. The van der Waals surface area contributed by atoms with Crippen molar-refractivity contribution in [1.82, 2.24) is 5.32 Å². The molecule has 1 aromatic carbocycles. The molecule has 3 rings (SSSR count). The van der Waals surface area contributed by atoms with E-state index in [1.807, 2.05) is 13.8 Å². The number of carbonyl (C=O) groups is 2. The number of allylic oxidation sites excluding steroid dienone is 1. The van der Waals surface area contributed by atoms with Crippen LogP contribution in [-0.4, -0.2) is 25.7 Å². The van der Waals surface area contributed by atoms with Gasteiger partial charge < -0.3 is 14.8 Å². The van der Waals surface area contributed by atoms with Crippen LogP contribution in [0.2, 0.25) is 0 Å². The van der Waals surface area contributed by atoms with Gasteiger partial charge in [0.05, 0.1) is 29.9 Å². The highest BCUT2D eigenvalue weighted by atomic mass is 19.1. The summed E-state index contributed by atoms with van der Waals surface area (Å²) in [5.74, 6) is -2.25. The average molecular weight is 345 g/mol. The van der Waals surface area contributed by atoms with Crippen molar-refractivity contribution < 1.29 is 23.5 Å². The number of esters is 2. The molecule has 0 bridgehead atoms. The van der Waals surface area contributed by atoms with Gasteiger partial charge in [0, 0.05) is 5.70 Å². The van der Waals surface area contributed by atoms with E-state index in [0.717, 1.165) is 0 Å². The minimum Gasteiger partial charge on any atom is -0.466 e. The van der Waals surface area contributed by atoms with E-state index in [0.29, 0.717) is 33.7 Å². The highest BCUT2D eigenvalue weighted by molar-refractivity contribution is 6.01. The van der Waals surface area contributed by atoms with E-state index in [4.69, 9.17) is 9.47 Å². The lowest BCUT2D eigenvalue weighted by Crippen LogP contribution is -2.30. The first kappa shape index (κ1) is 17.2. The van der Waals surface area contributed by atoms with Crippen LogP contribution in [0.25, 0.3) is 0 Å². The molecule has 0 aliphatic carbocycles. The maximum Gasteiger partial charge on any atom is 0.337 e. The molecule has 25 heavy (non-hydrogen) atoms. The lowest BCUT2D eigenvalue weighted by molar-refractivity contribution is -0.136. The number of rotatable bonds is 3. The third-order valence-electron chi connectivity index (χ3n) is 4.59. The van der Waals surface area contributed by atoms with Gasteiger partial charge in [0.25, 0.3) is 0 Å².